The minimum Gasteiger partial charge on any atom is -0.398 e. The second-order valence-corrected chi connectivity index (χ2v) is 6.18. The summed E-state index contributed by atoms with van der Waals surface area (Å²) in [6, 6.07) is 6.90. The number of likely N-dealkylation sites (N-methyl/N-ethyl adjacent to an activating group) is 2. The molecule has 1 saturated heterocycles. The van der Waals surface area contributed by atoms with E-state index in [2.05, 4.69) is 52.0 Å². The van der Waals surface area contributed by atoms with Crippen LogP contribution in [0.25, 0.3) is 0 Å². The Morgan fingerprint density at radius 2 is 2.28 bits per heavy atom. The van der Waals surface area contributed by atoms with Gasteiger partial charge in [0, 0.05) is 29.3 Å². The van der Waals surface area contributed by atoms with Crippen molar-refractivity contribution in [2.24, 2.45) is 0 Å². The van der Waals surface area contributed by atoms with E-state index in [4.69, 9.17) is 5.73 Å². The molecule has 1 fully saturated rings. The summed E-state index contributed by atoms with van der Waals surface area (Å²) in [5.74, 6) is 0. The number of benzene rings is 1. The summed E-state index contributed by atoms with van der Waals surface area (Å²) in [4.78, 5) is 4.86. The molecular formula is C14H22BrN3. The fourth-order valence-corrected chi connectivity index (χ4v) is 3.04. The maximum atomic E-state index is 5.80. The first-order chi connectivity index (χ1) is 8.56. The number of nitrogens with two attached hydrogens (primary N) is 1. The first-order valence-electron chi connectivity index (χ1n) is 6.49. The molecule has 1 unspecified atom stereocenters. The molecule has 0 aliphatic carbocycles. The zero-order chi connectivity index (χ0) is 13.1. The monoisotopic (exact) mass is 311 g/mol. The normalized spacial score (nSPS) is 20.8. The summed E-state index contributed by atoms with van der Waals surface area (Å²) >= 11 is 3.48. The number of likely N-dealkylation sites (tertiary alicyclic amines) is 1. The van der Waals surface area contributed by atoms with Crippen molar-refractivity contribution in [3.8, 4) is 0 Å². The SMILES string of the molecule is CN(Cc1ccc(N)c(Br)c1)CC1CCCN1C. The topological polar surface area (TPSA) is 32.5 Å². The summed E-state index contributed by atoms with van der Waals surface area (Å²) in [6.07, 6.45) is 2.66. The van der Waals surface area contributed by atoms with E-state index in [0.717, 1.165) is 23.2 Å². The van der Waals surface area contributed by atoms with E-state index in [1.165, 1.54) is 24.9 Å². The van der Waals surface area contributed by atoms with Gasteiger partial charge in [-0.15, -0.1) is 0 Å². The quantitative estimate of drug-likeness (QED) is 0.867. The predicted octanol–water partition coefficient (Wildman–Crippen LogP) is 2.56. The van der Waals surface area contributed by atoms with Crippen LogP contribution in [0.15, 0.2) is 22.7 Å². The predicted molar refractivity (Wildman–Crippen MR) is 80.5 cm³/mol. The number of hydrogen-bond acceptors (Lipinski definition) is 3. The van der Waals surface area contributed by atoms with Crippen molar-refractivity contribution in [3.05, 3.63) is 28.2 Å². The van der Waals surface area contributed by atoms with Crippen LogP contribution in [-0.2, 0) is 6.54 Å². The molecule has 1 aliphatic heterocycles. The van der Waals surface area contributed by atoms with Crippen LogP contribution >= 0.6 is 15.9 Å². The highest BCUT2D eigenvalue weighted by Gasteiger charge is 2.21. The largest absolute Gasteiger partial charge is 0.398 e. The summed E-state index contributed by atoms with van der Waals surface area (Å²) < 4.78 is 0.992. The fourth-order valence-electron chi connectivity index (χ4n) is 2.61. The van der Waals surface area contributed by atoms with Crippen molar-refractivity contribution < 1.29 is 0 Å². The van der Waals surface area contributed by atoms with Crippen LogP contribution in [0, 0.1) is 0 Å². The first kappa shape index (κ1) is 13.8. The maximum absolute atomic E-state index is 5.80. The van der Waals surface area contributed by atoms with Crippen LogP contribution in [0.2, 0.25) is 0 Å². The van der Waals surface area contributed by atoms with Crippen molar-refractivity contribution in [2.75, 3.05) is 32.9 Å². The molecule has 1 aliphatic rings. The van der Waals surface area contributed by atoms with Gasteiger partial charge in [-0.3, -0.25) is 0 Å². The molecule has 1 heterocycles. The Balaban J connectivity index is 1.90. The third-order valence-corrected chi connectivity index (χ3v) is 4.40. The first-order valence-corrected chi connectivity index (χ1v) is 7.28. The third kappa shape index (κ3) is 3.46. The molecule has 0 radical (unpaired) electrons. The van der Waals surface area contributed by atoms with Crippen LogP contribution in [0.4, 0.5) is 5.69 Å². The van der Waals surface area contributed by atoms with Gasteiger partial charge >= 0.3 is 0 Å². The Morgan fingerprint density at radius 3 is 2.89 bits per heavy atom. The van der Waals surface area contributed by atoms with Gasteiger partial charge in [-0.25, -0.2) is 0 Å². The van der Waals surface area contributed by atoms with Gasteiger partial charge in [0.15, 0.2) is 0 Å². The number of nitrogens with zero attached hydrogens (tertiary/aromatic N) is 2. The Morgan fingerprint density at radius 1 is 1.50 bits per heavy atom. The van der Waals surface area contributed by atoms with Crippen LogP contribution in [0.1, 0.15) is 18.4 Å². The summed E-state index contributed by atoms with van der Waals surface area (Å²) in [5, 5.41) is 0. The second-order valence-electron chi connectivity index (χ2n) is 5.33. The van der Waals surface area contributed by atoms with Crippen molar-refractivity contribution >= 4 is 21.6 Å². The second kappa shape index (κ2) is 6.04. The number of rotatable bonds is 4. The Hall–Kier alpha value is -0.580. The highest BCUT2D eigenvalue weighted by Crippen LogP contribution is 2.22. The molecule has 100 valence electrons. The summed E-state index contributed by atoms with van der Waals surface area (Å²) in [7, 11) is 4.42. The van der Waals surface area contributed by atoms with E-state index in [0.29, 0.717) is 6.04 Å². The zero-order valence-electron chi connectivity index (χ0n) is 11.2. The van der Waals surface area contributed by atoms with E-state index in [1.54, 1.807) is 0 Å². The summed E-state index contributed by atoms with van der Waals surface area (Å²) in [6.45, 7) is 3.35. The van der Waals surface area contributed by atoms with Crippen molar-refractivity contribution in [2.45, 2.75) is 25.4 Å². The average molecular weight is 312 g/mol. The number of halogens is 1. The Kier molecular flexibility index (Phi) is 4.65. The molecule has 0 saturated carbocycles. The minimum absolute atomic E-state index is 0.715. The lowest BCUT2D eigenvalue weighted by Crippen LogP contribution is -2.36. The number of hydrogen-bond donors (Lipinski definition) is 1. The molecule has 0 bridgehead atoms. The number of anilines is 1. The molecular weight excluding hydrogens is 290 g/mol. The van der Waals surface area contributed by atoms with Crippen LogP contribution in [-0.4, -0.2) is 43.0 Å². The van der Waals surface area contributed by atoms with Gasteiger partial charge < -0.3 is 15.5 Å². The van der Waals surface area contributed by atoms with Gasteiger partial charge in [-0.1, -0.05) is 6.07 Å². The lowest BCUT2D eigenvalue weighted by atomic mass is 10.1. The van der Waals surface area contributed by atoms with Gasteiger partial charge in [0.25, 0.3) is 0 Å². The van der Waals surface area contributed by atoms with Gasteiger partial charge in [0.1, 0.15) is 0 Å². The minimum atomic E-state index is 0.715. The maximum Gasteiger partial charge on any atom is 0.0458 e. The van der Waals surface area contributed by atoms with E-state index >= 15 is 0 Å². The molecule has 0 spiro atoms. The Bertz CT molecular complexity index is 408. The smallest absolute Gasteiger partial charge is 0.0458 e. The van der Waals surface area contributed by atoms with E-state index in [-0.39, 0.29) is 0 Å². The highest BCUT2D eigenvalue weighted by atomic mass is 79.9. The van der Waals surface area contributed by atoms with Gasteiger partial charge in [-0.05, 0) is 67.1 Å². The van der Waals surface area contributed by atoms with Crippen molar-refractivity contribution in [1.29, 1.82) is 0 Å². The molecule has 4 heteroatoms. The molecule has 2 rings (SSSR count). The molecule has 1 aromatic rings. The molecule has 1 atom stereocenters. The standard InChI is InChI=1S/C14H22BrN3/c1-17(10-12-4-3-7-18(12)2)9-11-5-6-14(16)13(15)8-11/h5-6,8,12H,3-4,7,9-10,16H2,1-2H3. The molecule has 1 aromatic carbocycles. The Labute approximate surface area is 118 Å². The lowest BCUT2D eigenvalue weighted by molar-refractivity contribution is 0.215. The van der Waals surface area contributed by atoms with E-state index < -0.39 is 0 Å². The van der Waals surface area contributed by atoms with Gasteiger partial charge in [-0.2, -0.15) is 0 Å². The van der Waals surface area contributed by atoms with Crippen LogP contribution in [0.5, 0.6) is 0 Å². The van der Waals surface area contributed by atoms with E-state index in [9.17, 15) is 0 Å². The fraction of sp³-hybridized carbons (Fsp3) is 0.571. The van der Waals surface area contributed by atoms with E-state index in [1.807, 2.05) is 6.07 Å². The van der Waals surface area contributed by atoms with Crippen molar-refractivity contribution in [1.82, 2.24) is 9.80 Å². The summed E-state index contributed by atoms with van der Waals surface area (Å²) in [5.41, 5.74) is 7.91. The average Bonchev–Trinajstić information content (AvgIpc) is 2.70. The number of nitrogen functional groups attached to an aromatic ring is 1. The molecule has 3 nitrogen and oxygen atoms in total. The van der Waals surface area contributed by atoms with Gasteiger partial charge in [0.2, 0.25) is 0 Å². The third-order valence-electron chi connectivity index (χ3n) is 3.71. The molecule has 0 amide bonds. The van der Waals surface area contributed by atoms with Crippen molar-refractivity contribution in [3.63, 3.8) is 0 Å². The highest BCUT2D eigenvalue weighted by molar-refractivity contribution is 9.10. The molecule has 2 N–H and O–H groups in total. The zero-order valence-corrected chi connectivity index (χ0v) is 12.8. The molecule has 18 heavy (non-hydrogen) atoms. The van der Waals surface area contributed by atoms with Crippen LogP contribution < -0.4 is 5.73 Å². The molecule has 0 aromatic heterocycles. The lowest BCUT2D eigenvalue weighted by Gasteiger charge is -2.25. The van der Waals surface area contributed by atoms with Crippen LogP contribution in [0.3, 0.4) is 0 Å². The van der Waals surface area contributed by atoms with Gasteiger partial charge in [0.05, 0.1) is 0 Å².